The van der Waals surface area contributed by atoms with Crippen molar-refractivity contribution in [1.29, 1.82) is 0 Å². The monoisotopic (exact) mass is 226 g/mol. The highest BCUT2D eigenvalue weighted by atomic mass is 35.5. The summed E-state index contributed by atoms with van der Waals surface area (Å²) in [6, 6.07) is 3.82. The van der Waals surface area contributed by atoms with Crippen LogP contribution in [0.5, 0.6) is 0 Å². The molecule has 0 aromatic carbocycles. The molecule has 1 aliphatic heterocycles. The van der Waals surface area contributed by atoms with Crippen LogP contribution in [0, 0.1) is 0 Å². The number of halogens is 1. The lowest BCUT2D eigenvalue weighted by Gasteiger charge is -2.42. The zero-order chi connectivity index (χ0) is 10.9. The van der Waals surface area contributed by atoms with Crippen LogP contribution in [-0.4, -0.2) is 30.3 Å². The highest BCUT2D eigenvalue weighted by molar-refractivity contribution is 6.30. The Bertz CT molecular complexity index is 337. The fourth-order valence-corrected chi connectivity index (χ4v) is 1.92. The predicted molar refractivity (Wildman–Crippen MR) is 61.5 cm³/mol. The van der Waals surface area contributed by atoms with Crippen molar-refractivity contribution in [2.75, 3.05) is 24.7 Å². The number of nitrogens with zero attached hydrogens (tertiary/aromatic N) is 2. The van der Waals surface area contributed by atoms with E-state index < -0.39 is 0 Å². The zero-order valence-corrected chi connectivity index (χ0v) is 9.79. The fraction of sp³-hybridized carbons (Fsp3) is 0.545. The molecular weight excluding hydrogens is 212 g/mol. The first kappa shape index (κ1) is 10.7. The smallest absolute Gasteiger partial charge is 0.129 e. The minimum Gasteiger partial charge on any atom is -0.377 e. The Morgan fingerprint density at radius 3 is 2.87 bits per heavy atom. The zero-order valence-electron chi connectivity index (χ0n) is 9.03. The second-order valence-corrected chi connectivity index (χ2v) is 4.79. The van der Waals surface area contributed by atoms with Gasteiger partial charge in [-0.15, -0.1) is 0 Å². The summed E-state index contributed by atoms with van der Waals surface area (Å²) in [6.07, 6.45) is 1.68. The summed E-state index contributed by atoms with van der Waals surface area (Å²) in [5, 5.41) is 0.671. The van der Waals surface area contributed by atoms with Crippen molar-refractivity contribution in [1.82, 2.24) is 4.98 Å². The molecule has 0 spiro atoms. The molecular formula is C11H15ClN2O. The average molecular weight is 227 g/mol. The summed E-state index contributed by atoms with van der Waals surface area (Å²) >= 11 is 5.82. The van der Waals surface area contributed by atoms with Gasteiger partial charge in [0.25, 0.3) is 0 Å². The van der Waals surface area contributed by atoms with E-state index >= 15 is 0 Å². The van der Waals surface area contributed by atoms with Crippen LogP contribution in [0.3, 0.4) is 0 Å². The van der Waals surface area contributed by atoms with Gasteiger partial charge >= 0.3 is 0 Å². The molecule has 0 saturated carbocycles. The van der Waals surface area contributed by atoms with E-state index in [-0.39, 0.29) is 5.54 Å². The second kappa shape index (κ2) is 3.99. The van der Waals surface area contributed by atoms with E-state index in [1.54, 1.807) is 6.20 Å². The number of pyridine rings is 1. The number of morpholine rings is 1. The van der Waals surface area contributed by atoms with Gasteiger partial charge in [0.1, 0.15) is 5.82 Å². The molecule has 0 unspecified atom stereocenters. The van der Waals surface area contributed by atoms with Crippen LogP contribution >= 0.6 is 11.6 Å². The number of ether oxygens (including phenoxy) is 1. The molecule has 1 aliphatic rings. The van der Waals surface area contributed by atoms with Gasteiger partial charge < -0.3 is 9.64 Å². The summed E-state index contributed by atoms with van der Waals surface area (Å²) in [6.45, 7) is 6.68. The first-order valence-corrected chi connectivity index (χ1v) is 5.44. The van der Waals surface area contributed by atoms with Crippen molar-refractivity contribution >= 4 is 17.4 Å². The van der Waals surface area contributed by atoms with Crippen LogP contribution < -0.4 is 4.90 Å². The molecule has 0 bridgehead atoms. The molecule has 0 radical (unpaired) electrons. The van der Waals surface area contributed by atoms with Crippen LogP contribution in [0.4, 0.5) is 5.82 Å². The van der Waals surface area contributed by atoms with Gasteiger partial charge in [0.2, 0.25) is 0 Å². The van der Waals surface area contributed by atoms with Crippen LogP contribution in [0.25, 0.3) is 0 Å². The van der Waals surface area contributed by atoms with Gasteiger partial charge in [-0.2, -0.15) is 0 Å². The van der Waals surface area contributed by atoms with E-state index in [1.807, 2.05) is 12.1 Å². The van der Waals surface area contributed by atoms with Crippen molar-refractivity contribution in [3.63, 3.8) is 0 Å². The van der Waals surface area contributed by atoms with Gasteiger partial charge in [-0.25, -0.2) is 4.98 Å². The normalized spacial score (nSPS) is 20.3. The molecule has 15 heavy (non-hydrogen) atoms. The maximum Gasteiger partial charge on any atom is 0.129 e. The Morgan fingerprint density at radius 1 is 1.47 bits per heavy atom. The lowest BCUT2D eigenvalue weighted by atomic mass is 10.0. The van der Waals surface area contributed by atoms with E-state index in [1.165, 1.54) is 0 Å². The van der Waals surface area contributed by atoms with Crippen LogP contribution in [0.15, 0.2) is 18.3 Å². The van der Waals surface area contributed by atoms with Crippen molar-refractivity contribution < 1.29 is 4.74 Å². The number of hydrogen-bond acceptors (Lipinski definition) is 3. The minimum atomic E-state index is -0.000913. The molecule has 2 heterocycles. The molecule has 2 rings (SSSR count). The van der Waals surface area contributed by atoms with Gasteiger partial charge in [0.05, 0.1) is 23.8 Å². The number of aromatic nitrogens is 1. The van der Waals surface area contributed by atoms with E-state index in [4.69, 9.17) is 16.3 Å². The molecule has 4 heteroatoms. The Balaban J connectivity index is 2.25. The SMILES string of the molecule is CC1(C)COCCN1c1ccc(Cl)cn1. The van der Waals surface area contributed by atoms with E-state index in [0.717, 1.165) is 25.6 Å². The Labute approximate surface area is 95.0 Å². The molecule has 0 N–H and O–H groups in total. The third kappa shape index (κ3) is 2.24. The Kier molecular flexibility index (Phi) is 2.85. The molecule has 0 aliphatic carbocycles. The highest BCUT2D eigenvalue weighted by Gasteiger charge is 2.31. The van der Waals surface area contributed by atoms with Gasteiger partial charge in [0, 0.05) is 12.7 Å². The molecule has 1 aromatic heterocycles. The van der Waals surface area contributed by atoms with E-state index in [0.29, 0.717) is 5.02 Å². The van der Waals surface area contributed by atoms with Crippen molar-refractivity contribution in [3.05, 3.63) is 23.4 Å². The number of rotatable bonds is 1. The lowest BCUT2D eigenvalue weighted by Crippen LogP contribution is -2.53. The average Bonchev–Trinajstić information content (AvgIpc) is 2.19. The second-order valence-electron chi connectivity index (χ2n) is 4.35. The summed E-state index contributed by atoms with van der Waals surface area (Å²) in [5.74, 6) is 0.965. The predicted octanol–water partition coefficient (Wildman–Crippen LogP) is 2.35. The maximum atomic E-state index is 5.82. The summed E-state index contributed by atoms with van der Waals surface area (Å²) in [5.41, 5.74) is -0.000913. The molecule has 1 fully saturated rings. The third-order valence-corrected chi connectivity index (χ3v) is 2.86. The van der Waals surface area contributed by atoms with Crippen LogP contribution in [0.2, 0.25) is 5.02 Å². The van der Waals surface area contributed by atoms with Gasteiger partial charge in [-0.3, -0.25) is 0 Å². The first-order valence-electron chi connectivity index (χ1n) is 5.06. The molecule has 3 nitrogen and oxygen atoms in total. The van der Waals surface area contributed by atoms with Crippen molar-refractivity contribution in [2.45, 2.75) is 19.4 Å². The van der Waals surface area contributed by atoms with Crippen LogP contribution in [-0.2, 0) is 4.74 Å². The van der Waals surface area contributed by atoms with Crippen molar-refractivity contribution in [3.8, 4) is 0 Å². The van der Waals surface area contributed by atoms with Gasteiger partial charge in [-0.05, 0) is 26.0 Å². The summed E-state index contributed by atoms with van der Waals surface area (Å²) < 4.78 is 5.46. The van der Waals surface area contributed by atoms with Gasteiger partial charge in [-0.1, -0.05) is 11.6 Å². The highest BCUT2D eigenvalue weighted by Crippen LogP contribution is 2.25. The van der Waals surface area contributed by atoms with E-state index in [9.17, 15) is 0 Å². The Hall–Kier alpha value is -0.800. The molecule has 1 aromatic rings. The Morgan fingerprint density at radius 2 is 2.27 bits per heavy atom. The first-order chi connectivity index (χ1) is 7.09. The molecule has 82 valence electrons. The lowest BCUT2D eigenvalue weighted by molar-refractivity contribution is 0.0639. The maximum absolute atomic E-state index is 5.82. The standard InChI is InChI=1S/C11H15ClN2O/c1-11(2)8-15-6-5-14(11)10-4-3-9(12)7-13-10/h3-4,7H,5-6,8H2,1-2H3. The van der Waals surface area contributed by atoms with Crippen LogP contribution in [0.1, 0.15) is 13.8 Å². The van der Waals surface area contributed by atoms with Gasteiger partial charge in [0.15, 0.2) is 0 Å². The fourth-order valence-electron chi connectivity index (χ4n) is 1.81. The minimum absolute atomic E-state index is 0.000913. The third-order valence-electron chi connectivity index (χ3n) is 2.63. The topological polar surface area (TPSA) is 25.4 Å². The number of anilines is 1. The largest absolute Gasteiger partial charge is 0.377 e. The summed E-state index contributed by atoms with van der Waals surface area (Å²) in [4.78, 5) is 6.59. The van der Waals surface area contributed by atoms with E-state index in [2.05, 4.69) is 23.7 Å². The van der Waals surface area contributed by atoms with Crippen molar-refractivity contribution in [2.24, 2.45) is 0 Å². The summed E-state index contributed by atoms with van der Waals surface area (Å²) in [7, 11) is 0. The molecule has 0 atom stereocenters. The quantitative estimate of drug-likeness (QED) is 0.735. The molecule has 0 amide bonds. The number of hydrogen-bond donors (Lipinski definition) is 0. The molecule has 1 saturated heterocycles.